The summed E-state index contributed by atoms with van der Waals surface area (Å²) in [4.78, 5) is 50.2. The summed E-state index contributed by atoms with van der Waals surface area (Å²) in [6.45, 7) is 9.76. The first kappa shape index (κ1) is 25.9. The molecule has 9 nitrogen and oxygen atoms in total. The van der Waals surface area contributed by atoms with Crippen LogP contribution in [0.4, 0.5) is 5.69 Å². The van der Waals surface area contributed by atoms with E-state index in [2.05, 4.69) is 19.6 Å². The second-order valence-electron chi connectivity index (χ2n) is 9.23. The minimum absolute atomic E-state index is 0.0561. The van der Waals surface area contributed by atoms with Gasteiger partial charge in [0.15, 0.2) is 8.32 Å². The summed E-state index contributed by atoms with van der Waals surface area (Å²) in [5, 5.41) is 10.8. The maximum atomic E-state index is 13.1. The number of nitrogens with zero attached hydrogens (tertiary/aromatic N) is 2. The number of hydrogen-bond donors (Lipinski definition) is 0. The topological polar surface area (TPSA) is 116 Å². The molecule has 0 N–H and O–H groups in total. The average molecular weight is 505 g/mol. The quantitative estimate of drug-likeness (QED) is 0.0887. The van der Waals surface area contributed by atoms with Crippen molar-refractivity contribution >= 4 is 43.9 Å². The Bertz CT molecular complexity index is 1060. The number of fused-ring (bicyclic) bond motifs is 1. The van der Waals surface area contributed by atoms with Crippen LogP contribution >= 0.6 is 11.8 Å². The number of β-lactam (4-membered cyclic amide) rings is 1. The third-order valence-corrected chi connectivity index (χ3v) is 7.65. The van der Waals surface area contributed by atoms with Gasteiger partial charge in [-0.15, -0.1) is 0 Å². The van der Waals surface area contributed by atoms with Gasteiger partial charge in [-0.05, 0) is 62.2 Å². The van der Waals surface area contributed by atoms with Crippen LogP contribution in [0.15, 0.2) is 45.8 Å². The molecule has 2 heterocycles. The number of nitro groups is 1. The number of benzene rings is 1. The molecule has 11 heteroatoms. The van der Waals surface area contributed by atoms with E-state index in [4.69, 9.17) is 9.16 Å². The van der Waals surface area contributed by atoms with Gasteiger partial charge in [0.2, 0.25) is 5.91 Å². The van der Waals surface area contributed by atoms with Gasteiger partial charge in [-0.3, -0.25) is 19.7 Å². The number of esters is 1. The molecular weight excluding hydrogens is 476 g/mol. The van der Waals surface area contributed by atoms with Crippen LogP contribution in [0.5, 0.6) is 0 Å². The Hall–Kier alpha value is -2.76. The fourth-order valence-electron chi connectivity index (χ4n) is 4.18. The molecule has 0 unspecified atom stereocenters. The SMILES string of the molecule is C/C(=C/C=O)SC1=C(C(=O)OCc2ccc([N+](=O)[O-])cc2)N2C(=O)[C@@H]([C@H](C)O[Si](C)(C)C)[C@H]2C1. The zero-order valence-electron chi connectivity index (χ0n) is 19.8. The third kappa shape index (κ3) is 5.65. The molecule has 1 amide bonds. The molecule has 1 saturated heterocycles. The number of allylic oxidation sites excluding steroid dienone is 2. The second-order valence-corrected chi connectivity index (χ2v) is 15.0. The zero-order valence-corrected chi connectivity index (χ0v) is 21.6. The Morgan fingerprint density at radius 2 is 1.97 bits per heavy atom. The Morgan fingerprint density at radius 3 is 2.53 bits per heavy atom. The lowest BCUT2D eigenvalue weighted by Crippen LogP contribution is -2.63. The van der Waals surface area contributed by atoms with Gasteiger partial charge in [-0.25, -0.2) is 4.79 Å². The third-order valence-electron chi connectivity index (χ3n) is 5.51. The highest BCUT2D eigenvalue weighted by Gasteiger charge is 2.57. The van der Waals surface area contributed by atoms with Crippen LogP contribution in [-0.2, 0) is 30.2 Å². The van der Waals surface area contributed by atoms with Crippen LogP contribution in [0.25, 0.3) is 0 Å². The maximum Gasteiger partial charge on any atom is 0.356 e. The van der Waals surface area contributed by atoms with E-state index >= 15 is 0 Å². The van der Waals surface area contributed by atoms with Crippen LogP contribution in [0.3, 0.4) is 0 Å². The Balaban J connectivity index is 1.79. The smallest absolute Gasteiger partial charge is 0.356 e. The van der Waals surface area contributed by atoms with Gasteiger partial charge in [0.05, 0.1) is 23.0 Å². The highest BCUT2D eigenvalue weighted by Crippen LogP contribution is 2.49. The molecule has 1 aromatic carbocycles. The molecule has 2 aliphatic rings. The molecule has 0 aromatic heterocycles. The summed E-state index contributed by atoms with van der Waals surface area (Å²) >= 11 is 1.28. The molecule has 0 aliphatic carbocycles. The van der Waals surface area contributed by atoms with Crippen molar-refractivity contribution in [3.63, 3.8) is 0 Å². The summed E-state index contributed by atoms with van der Waals surface area (Å²) < 4.78 is 11.6. The Labute approximate surface area is 203 Å². The standard InChI is InChI=1S/C23H28N2O7SSi/c1-14(10-11-26)33-19-12-18-20(15(2)32-34(3,4)5)22(27)24(18)21(19)23(28)31-13-16-6-8-17(9-7-16)25(29)30/h6-11,15,18,20H,12-13H2,1-5H3/b14-10-/t15-,18+,20-/m0/s1. The molecule has 0 saturated carbocycles. The fraction of sp³-hybridized carbons (Fsp3) is 0.435. The zero-order chi connectivity index (χ0) is 25.2. The van der Waals surface area contributed by atoms with Crippen molar-refractivity contribution in [3.05, 3.63) is 61.5 Å². The van der Waals surface area contributed by atoms with Gasteiger partial charge in [-0.1, -0.05) is 11.8 Å². The normalized spacial score (nSPS) is 21.1. The lowest BCUT2D eigenvalue weighted by Gasteiger charge is -2.47. The number of rotatable bonds is 10. The molecule has 2 aliphatic heterocycles. The lowest BCUT2D eigenvalue weighted by atomic mass is 9.83. The van der Waals surface area contributed by atoms with Crippen molar-refractivity contribution in [3.8, 4) is 0 Å². The van der Waals surface area contributed by atoms with Crippen LogP contribution in [0, 0.1) is 16.0 Å². The van der Waals surface area contributed by atoms with Gasteiger partial charge in [0.25, 0.3) is 5.69 Å². The van der Waals surface area contributed by atoms with Crippen LogP contribution in [-0.4, -0.2) is 48.4 Å². The number of ether oxygens (including phenoxy) is 1. The van der Waals surface area contributed by atoms with E-state index in [1.807, 2.05) is 6.92 Å². The molecular formula is C23H28N2O7SSi. The van der Waals surface area contributed by atoms with Crippen LogP contribution in [0.2, 0.25) is 19.6 Å². The number of carbonyl (C=O) groups is 3. The summed E-state index contributed by atoms with van der Waals surface area (Å²) in [5.41, 5.74) is 0.724. The molecule has 182 valence electrons. The van der Waals surface area contributed by atoms with Crippen molar-refractivity contribution in [1.29, 1.82) is 0 Å². The van der Waals surface area contributed by atoms with E-state index < -0.39 is 19.2 Å². The Kier molecular flexibility index (Phi) is 7.79. The van der Waals surface area contributed by atoms with Crippen molar-refractivity contribution < 1.29 is 28.5 Å². The van der Waals surface area contributed by atoms with Crippen molar-refractivity contribution in [2.45, 2.75) is 58.7 Å². The highest BCUT2D eigenvalue weighted by atomic mass is 32.2. The minimum atomic E-state index is -1.86. The average Bonchev–Trinajstić information content (AvgIpc) is 3.05. The number of aldehydes is 1. The Morgan fingerprint density at radius 1 is 1.32 bits per heavy atom. The second kappa shape index (κ2) is 10.2. The molecule has 0 bridgehead atoms. The van der Waals surface area contributed by atoms with E-state index in [1.165, 1.54) is 47.0 Å². The van der Waals surface area contributed by atoms with Gasteiger partial charge in [-0.2, -0.15) is 0 Å². The van der Waals surface area contributed by atoms with Crippen LogP contribution in [0.1, 0.15) is 25.8 Å². The van der Waals surface area contributed by atoms with Gasteiger partial charge < -0.3 is 14.1 Å². The lowest BCUT2D eigenvalue weighted by molar-refractivity contribution is -0.384. The van der Waals surface area contributed by atoms with E-state index in [1.54, 1.807) is 6.92 Å². The maximum absolute atomic E-state index is 13.1. The summed E-state index contributed by atoms with van der Waals surface area (Å²) in [6, 6.07) is 5.51. The summed E-state index contributed by atoms with van der Waals surface area (Å²) in [6.07, 6.45) is 2.29. The monoisotopic (exact) mass is 504 g/mol. The molecule has 3 atom stereocenters. The molecule has 1 aromatic rings. The number of carbonyl (C=O) groups excluding carboxylic acids is 3. The van der Waals surface area contributed by atoms with Crippen molar-refractivity contribution in [2.75, 3.05) is 0 Å². The van der Waals surface area contributed by atoms with E-state index in [9.17, 15) is 24.5 Å². The van der Waals surface area contributed by atoms with E-state index in [0.717, 1.165) is 0 Å². The first-order valence-electron chi connectivity index (χ1n) is 10.9. The summed E-state index contributed by atoms with van der Waals surface area (Å²) in [5.74, 6) is -1.17. The molecule has 0 spiro atoms. The predicted molar refractivity (Wildman–Crippen MR) is 130 cm³/mol. The molecule has 3 rings (SSSR count). The number of amides is 1. The number of thioether (sulfide) groups is 1. The number of nitro benzene ring substituents is 1. The molecule has 0 radical (unpaired) electrons. The number of non-ortho nitro benzene ring substituents is 1. The van der Waals surface area contributed by atoms with Gasteiger partial charge >= 0.3 is 5.97 Å². The summed E-state index contributed by atoms with van der Waals surface area (Å²) in [7, 11) is -1.86. The van der Waals surface area contributed by atoms with E-state index in [0.29, 0.717) is 28.1 Å². The molecule has 1 fully saturated rings. The largest absolute Gasteiger partial charge is 0.456 e. The van der Waals surface area contributed by atoms with Crippen LogP contribution < -0.4 is 0 Å². The first-order chi connectivity index (χ1) is 15.9. The first-order valence-corrected chi connectivity index (χ1v) is 15.1. The van der Waals surface area contributed by atoms with E-state index in [-0.39, 0.29) is 42.0 Å². The van der Waals surface area contributed by atoms with Crippen molar-refractivity contribution in [2.24, 2.45) is 5.92 Å². The van der Waals surface area contributed by atoms with Crippen molar-refractivity contribution in [1.82, 2.24) is 4.90 Å². The minimum Gasteiger partial charge on any atom is -0.456 e. The predicted octanol–water partition coefficient (Wildman–Crippen LogP) is 4.16. The van der Waals surface area contributed by atoms with Gasteiger partial charge in [0.1, 0.15) is 18.6 Å². The number of hydrogen-bond acceptors (Lipinski definition) is 8. The fourth-order valence-corrected chi connectivity index (χ4v) is 6.49. The molecule has 34 heavy (non-hydrogen) atoms. The highest BCUT2D eigenvalue weighted by molar-refractivity contribution is 8.06. The van der Waals surface area contributed by atoms with Gasteiger partial charge in [0, 0.05) is 23.5 Å².